The predicted molar refractivity (Wildman–Crippen MR) is 92.0 cm³/mol. The van der Waals surface area contributed by atoms with Gasteiger partial charge in [0.05, 0.1) is 12.7 Å². The first kappa shape index (κ1) is 16.2. The molecule has 0 atom stereocenters. The fourth-order valence-electron chi connectivity index (χ4n) is 2.09. The number of nitrogens with zero attached hydrogens (tertiary/aromatic N) is 5. The number of ether oxygens (including phenoxy) is 1. The maximum absolute atomic E-state index is 11.7. The van der Waals surface area contributed by atoms with Gasteiger partial charge in [0.2, 0.25) is 11.6 Å². The summed E-state index contributed by atoms with van der Waals surface area (Å²) < 4.78 is 6.62. The average molecular weight is 337 g/mol. The lowest BCUT2D eigenvalue weighted by Crippen LogP contribution is -2.19. The van der Waals surface area contributed by atoms with Crippen LogP contribution in [0.4, 0.5) is 27.9 Å². The molecule has 1 aromatic carbocycles. The summed E-state index contributed by atoms with van der Waals surface area (Å²) in [6.45, 7) is 10.5. The number of amides is 1. The zero-order chi connectivity index (χ0) is 17.8. The van der Waals surface area contributed by atoms with Crippen LogP contribution in [0, 0.1) is 6.57 Å². The molecule has 2 aromatic heterocycles. The van der Waals surface area contributed by atoms with Gasteiger partial charge in [-0.3, -0.25) is 9.72 Å². The van der Waals surface area contributed by atoms with E-state index >= 15 is 0 Å². The van der Waals surface area contributed by atoms with Crippen LogP contribution in [-0.4, -0.2) is 31.8 Å². The minimum atomic E-state index is -0.606. The summed E-state index contributed by atoms with van der Waals surface area (Å²) in [4.78, 5) is 19.3. The van der Waals surface area contributed by atoms with E-state index in [4.69, 9.17) is 11.3 Å². The molecule has 0 saturated carbocycles. The molecule has 0 saturated heterocycles. The van der Waals surface area contributed by atoms with Crippen molar-refractivity contribution in [3.8, 4) is 0 Å². The van der Waals surface area contributed by atoms with Crippen LogP contribution in [0.25, 0.3) is 10.5 Å². The molecule has 0 bridgehead atoms. The summed E-state index contributed by atoms with van der Waals surface area (Å²) in [5.41, 5.74) is 1.75. The molecular formula is C16H15N7O2. The first-order valence-electron chi connectivity index (χ1n) is 7.48. The number of fused-ring (bicyclic) bond motifs is 1. The van der Waals surface area contributed by atoms with Crippen molar-refractivity contribution in [1.29, 1.82) is 0 Å². The highest BCUT2D eigenvalue weighted by atomic mass is 16.6. The Hall–Kier alpha value is -3.67. The maximum Gasteiger partial charge on any atom is 0.414 e. The van der Waals surface area contributed by atoms with Gasteiger partial charge in [0.15, 0.2) is 11.5 Å². The Bertz CT molecular complexity index is 941. The van der Waals surface area contributed by atoms with E-state index in [9.17, 15) is 4.79 Å². The van der Waals surface area contributed by atoms with Gasteiger partial charge in [-0.25, -0.2) is 14.6 Å². The highest BCUT2D eigenvalue weighted by Gasteiger charge is 2.14. The molecule has 2 heterocycles. The average Bonchev–Trinajstić information content (AvgIpc) is 2.99. The molecule has 9 nitrogen and oxygen atoms in total. The van der Waals surface area contributed by atoms with Crippen LogP contribution < -0.4 is 10.6 Å². The third-order valence-electron chi connectivity index (χ3n) is 3.14. The highest BCUT2D eigenvalue weighted by Crippen LogP contribution is 2.22. The number of benzene rings is 1. The number of carbonyl (C=O) groups is 1. The Kier molecular flexibility index (Phi) is 4.43. The number of nitrogens with one attached hydrogen (secondary N) is 2. The second kappa shape index (κ2) is 6.84. The van der Waals surface area contributed by atoms with E-state index in [0.29, 0.717) is 17.2 Å². The molecule has 3 rings (SSSR count). The fourth-order valence-corrected chi connectivity index (χ4v) is 2.09. The largest absolute Gasteiger partial charge is 0.447 e. The number of rotatable bonds is 4. The summed E-state index contributed by atoms with van der Waals surface area (Å²) in [7, 11) is 0. The zero-order valence-corrected chi connectivity index (χ0v) is 13.6. The van der Waals surface area contributed by atoms with Crippen LogP contribution in [0.5, 0.6) is 0 Å². The standard InChI is InChI=1S/C16H15N7O2/c1-10(2)25-16(24)20-15-22-21-14-13(18-8-9-23(14)15)19-12-6-4-11(17-3)5-7-12/h4-10H,1-2H3,(H,18,19)(H,20,22,24). The number of anilines is 3. The molecule has 25 heavy (non-hydrogen) atoms. The Morgan fingerprint density at radius 1 is 1.28 bits per heavy atom. The topological polar surface area (TPSA) is 97.8 Å². The molecule has 0 aliphatic carbocycles. The molecule has 9 heteroatoms. The lowest BCUT2D eigenvalue weighted by Gasteiger charge is -2.09. The molecule has 2 N–H and O–H groups in total. The van der Waals surface area contributed by atoms with Gasteiger partial charge in [0.1, 0.15) is 0 Å². The molecule has 0 spiro atoms. The van der Waals surface area contributed by atoms with Crippen LogP contribution in [0.3, 0.4) is 0 Å². The van der Waals surface area contributed by atoms with Crippen LogP contribution >= 0.6 is 0 Å². The number of carbonyl (C=O) groups excluding carboxylic acids is 1. The van der Waals surface area contributed by atoms with Crippen molar-refractivity contribution in [2.75, 3.05) is 10.6 Å². The summed E-state index contributed by atoms with van der Waals surface area (Å²) >= 11 is 0. The van der Waals surface area contributed by atoms with Gasteiger partial charge in [-0.2, -0.15) is 0 Å². The molecule has 3 aromatic rings. The Labute approximate surface area is 143 Å². The van der Waals surface area contributed by atoms with Crippen molar-refractivity contribution >= 4 is 34.9 Å². The van der Waals surface area contributed by atoms with Gasteiger partial charge < -0.3 is 10.1 Å². The number of aromatic nitrogens is 4. The Morgan fingerprint density at radius 2 is 2.04 bits per heavy atom. The van der Waals surface area contributed by atoms with E-state index in [1.54, 1.807) is 54.9 Å². The minimum Gasteiger partial charge on any atom is -0.447 e. The quantitative estimate of drug-likeness (QED) is 0.708. The van der Waals surface area contributed by atoms with E-state index in [1.165, 1.54) is 0 Å². The molecular weight excluding hydrogens is 322 g/mol. The van der Waals surface area contributed by atoms with Gasteiger partial charge in [-0.15, -0.1) is 10.2 Å². The smallest absolute Gasteiger partial charge is 0.414 e. The molecule has 0 unspecified atom stereocenters. The first-order chi connectivity index (χ1) is 12.1. The van der Waals surface area contributed by atoms with Crippen molar-refractivity contribution in [3.05, 3.63) is 48.1 Å². The summed E-state index contributed by atoms with van der Waals surface area (Å²) in [6, 6.07) is 6.95. The van der Waals surface area contributed by atoms with Gasteiger partial charge >= 0.3 is 6.09 Å². The lowest BCUT2D eigenvalue weighted by molar-refractivity contribution is 0.129. The number of hydrogen-bond donors (Lipinski definition) is 2. The van der Waals surface area contributed by atoms with E-state index in [0.717, 1.165) is 5.69 Å². The van der Waals surface area contributed by atoms with Gasteiger partial charge in [0.25, 0.3) is 0 Å². The lowest BCUT2D eigenvalue weighted by atomic mass is 10.3. The Morgan fingerprint density at radius 3 is 2.72 bits per heavy atom. The van der Waals surface area contributed by atoms with Crippen molar-refractivity contribution in [3.63, 3.8) is 0 Å². The van der Waals surface area contributed by atoms with Crippen LogP contribution in [0.2, 0.25) is 0 Å². The van der Waals surface area contributed by atoms with Crippen LogP contribution in [0.1, 0.15) is 13.8 Å². The third kappa shape index (κ3) is 3.64. The molecule has 0 aliphatic rings. The number of hydrogen-bond acceptors (Lipinski definition) is 6. The van der Waals surface area contributed by atoms with Crippen LogP contribution in [-0.2, 0) is 4.74 Å². The van der Waals surface area contributed by atoms with Gasteiger partial charge in [-0.05, 0) is 26.0 Å². The van der Waals surface area contributed by atoms with E-state index in [-0.39, 0.29) is 12.1 Å². The van der Waals surface area contributed by atoms with Crippen molar-refractivity contribution in [2.45, 2.75) is 20.0 Å². The van der Waals surface area contributed by atoms with Gasteiger partial charge in [0, 0.05) is 18.1 Å². The van der Waals surface area contributed by atoms with Gasteiger partial charge in [-0.1, -0.05) is 12.1 Å². The maximum atomic E-state index is 11.7. The predicted octanol–water partition coefficient (Wildman–Crippen LogP) is 3.38. The second-order valence-corrected chi connectivity index (χ2v) is 5.36. The molecule has 0 radical (unpaired) electrons. The Balaban J connectivity index is 1.85. The molecule has 1 amide bonds. The van der Waals surface area contributed by atoms with Crippen molar-refractivity contribution in [2.24, 2.45) is 0 Å². The monoisotopic (exact) mass is 337 g/mol. The summed E-state index contributed by atoms with van der Waals surface area (Å²) in [5, 5.41) is 13.7. The van der Waals surface area contributed by atoms with E-state index in [1.807, 2.05) is 0 Å². The summed E-state index contributed by atoms with van der Waals surface area (Å²) in [6.07, 6.45) is 2.35. The fraction of sp³-hybridized carbons (Fsp3) is 0.188. The van der Waals surface area contributed by atoms with Crippen molar-refractivity contribution < 1.29 is 9.53 Å². The SMILES string of the molecule is [C-]#[N+]c1ccc(Nc2nccn3c(NC(=O)OC(C)C)nnc23)cc1. The molecule has 0 fully saturated rings. The summed E-state index contributed by atoms with van der Waals surface area (Å²) in [5.74, 6) is 0.699. The van der Waals surface area contributed by atoms with E-state index < -0.39 is 6.09 Å². The van der Waals surface area contributed by atoms with E-state index in [2.05, 4.69) is 30.7 Å². The highest BCUT2D eigenvalue weighted by molar-refractivity contribution is 5.83. The minimum absolute atomic E-state index is 0.231. The van der Waals surface area contributed by atoms with Crippen molar-refractivity contribution in [1.82, 2.24) is 19.6 Å². The molecule has 126 valence electrons. The molecule has 0 aliphatic heterocycles. The third-order valence-corrected chi connectivity index (χ3v) is 3.14. The van der Waals surface area contributed by atoms with Crippen LogP contribution in [0.15, 0.2) is 36.7 Å². The zero-order valence-electron chi connectivity index (χ0n) is 13.6. The second-order valence-electron chi connectivity index (χ2n) is 5.36. The normalized spacial score (nSPS) is 10.5. The first-order valence-corrected chi connectivity index (χ1v) is 7.48.